The van der Waals surface area contributed by atoms with Gasteiger partial charge in [-0.15, -0.1) is 11.3 Å². The van der Waals surface area contributed by atoms with Crippen molar-refractivity contribution in [3.8, 4) is 0 Å². The minimum Gasteiger partial charge on any atom is -0.308 e. The summed E-state index contributed by atoms with van der Waals surface area (Å²) < 4.78 is 0. The summed E-state index contributed by atoms with van der Waals surface area (Å²) in [6, 6.07) is 0.508. The molecule has 3 heteroatoms. The van der Waals surface area contributed by atoms with Crippen LogP contribution in [0.2, 0.25) is 0 Å². The second kappa shape index (κ2) is 6.50. The molecule has 0 aliphatic heterocycles. The lowest BCUT2D eigenvalue weighted by Gasteiger charge is -2.29. The molecule has 0 radical (unpaired) electrons. The summed E-state index contributed by atoms with van der Waals surface area (Å²) in [5.74, 6) is 0.806. The van der Waals surface area contributed by atoms with Crippen LogP contribution < -0.4 is 5.32 Å². The van der Waals surface area contributed by atoms with Crippen LogP contribution in [0.15, 0.2) is 5.38 Å². The molecule has 1 heterocycles. The Morgan fingerprint density at radius 3 is 2.76 bits per heavy atom. The first-order valence-corrected chi connectivity index (χ1v) is 7.84. The molecular weight excluding hydrogens is 228 g/mol. The average Bonchev–Trinajstić information content (AvgIpc) is 2.78. The predicted octanol–water partition coefficient (Wildman–Crippen LogP) is 4.07. The summed E-state index contributed by atoms with van der Waals surface area (Å²) in [6.07, 6.45) is 8.18. The minimum atomic E-state index is 0.508. The highest BCUT2D eigenvalue weighted by atomic mass is 32.1. The monoisotopic (exact) mass is 252 g/mol. The molecule has 0 saturated heterocycles. The molecule has 1 aromatic rings. The molecule has 2 nitrogen and oxygen atoms in total. The zero-order valence-electron chi connectivity index (χ0n) is 11.0. The number of aromatic nitrogens is 1. The van der Waals surface area contributed by atoms with Gasteiger partial charge < -0.3 is 5.32 Å². The van der Waals surface area contributed by atoms with Gasteiger partial charge in [0.25, 0.3) is 0 Å². The van der Waals surface area contributed by atoms with Gasteiger partial charge >= 0.3 is 0 Å². The fourth-order valence-electron chi connectivity index (χ4n) is 2.74. The quantitative estimate of drug-likeness (QED) is 0.854. The second-order valence-corrected chi connectivity index (χ2v) is 6.05. The van der Waals surface area contributed by atoms with Crippen molar-refractivity contribution in [2.45, 2.75) is 58.4 Å². The average molecular weight is 252 g/mol. The van der Waals surface area contributed by atoms with E-state index in [1.807, 2.05) is 11.3 Å². The van der Waals surface area contributed by atoms with Gasteiger partial charge in [-0.25, -0.2) is 4.98 Å². The van der Waals surface area contributed by atoms with Gasteiger partial charge in [0, 0.05) is 11.1 Å². The van der Waals surface area contributed by atoms with Crippen LogP contribution in [0.5, 0.6) is 0 Å². The smallest absolute Gasteiger partial charge is 0.110 e. The van der Waals surface area contributed by atoms with Gasteiger partial charge in [-0.3, -0.25) is 0 Å². The van der Waals surface area contributed by atoms with Gasteiger partial charge in [0.1, 0.15) is 5.01 Å². The number of hydrogen-bond donors (Lipinski definition) is 1. The third kappa shape index (κ3) is 3.52. The highest BCUT2D eigenvalue weighted by Gasteiger charge is 2.26. The van der Waals surface area contributed by atoms with E-state index in [1.165, 1.54) is 49.2 Å². The molecule has 1 saturated carbocycles. The van der Waals surface area contributed by atoms with Gasteiger partial charge in [-0.2, -0.15) is 0 Å². The van der Waals surface area contributed by atoms with E-state index < -0.39 is 0 Å². The van der Waals surface area contributed by atoms with E-state index in [0.717, 1.165) is 12.5 Å². The Hall–Kier alpha value is -0.410. The first-order chi connectivity index (χ1) is 8.31. The minimum absolute atomic E-state index is 0.508. The van der Waals surface area contributed by atoms with Gasteiger partial charge in [0.15, 0.2) is 0 Å². The van der Waals surface area contributed by atoms with E-state index >= 15 is 0 Å². The van der Waals surface area contributed by atoms with Crippen LogP contribution in [-0.4, -0.2) is 11.5 Å². The predicted molar refractivity (Wildman–Crippen MR) is 74.5 cm³/mol. The van der Waals surface area contributed by atoms with Crippen LogP contribution in [0.25, 0.3) is 0 Å². The molecule has 1 N–H and O–H groups in total. The van der Waals surface area contributed by atoms with Crippen molar-refractivity contribution >= 4 is 11.3 Å². The molecule has 1 aliphatic rings. The van der Waals surface area contributed by atoms with Crippen LogP contribution in [-0.2, 0) is 0 Å². The van der Waals surface area contributed by atoms with E-state index in [9.17, 15) is 0 Å². The molecule has 1 fully saturated rings. The molecule has 0 spiro atoms. The van der Waals surface area contributed by atoms with Crippen molar-refractivity contribution < 1.29 is 0 Å². The third-order valence-corrected chi connectivity index (χ3v) is 4.68. The highest BCUT2D eigenvalue weighted by molar-refractivity contribution is 7.09. The van der Waals surface area contributed by atoms with Gasteiger partial charge in [-0.1, -0.05) is 26.2 Å². The largest absolute Gasteiger partial charge is 0.308 e. The summed E-state index contributed by atoms with van der Waals surface area (Å²) in [7, 11) is 0. The van der Waals surface area contributed by atoms with Crippen molar-refractivity contribution in [1.82, 2.24) is 10.3 Å². The van der Waals surface area contributed by atoms with Crippen molar-refractivity contribution in [3.63, 3.8) is 0 Å². The summed E-state index contributed by atoms with van der Waals surface area (Å²) >= 11 is 1.83. The molecule has 0 aromatic carbocycles. The maximum absolute atomic E-state index is 4.70. The number of hydrogen-bond acceptors (Lipinski definition) is 3. The number of rotatable bonds is 5. The fourth-order valence-corrected chi connectivity index (χ4v) is 3.70. The van der Waals surface area contributed by atoms with E-state index in [4.69, 9.17) is 4.98 Å². The van der Waals surface area contributed by atoms with Crippen molar-refractivity contribution in [2.75, 3.05) is 6.54 Å². The fraction of sp³-hybridized carbons (Fsp3) is 0.786. The lowest BCUT2D eigenvalue weighted by atomic mass is 9.84. The number of aryl methyl sites for hydroxylation is 1. The molecule has 17 heavy (non-hydrogen) atoms. The molecule has 0 amide bonds. The van der Waals surface area contributed by atoms with Crippen LogP contribution in [0.1, 0.15) is 62.2 Å². The lowest BCUT2D eigenvalue weighted by molar-refractivity contribution is 0.271. The normalized spacial score (nSPS) is 19.4. The summed E-state index contributed by atoms with van der Waals surface area (Å²) in [5, 5.41) is 7.20. The number of thiazole rings is 1. The van der Waals surface area contributed by atoms with Crippen molar-refractivity contribution in [1.29, 1.82) is 0 Å². The van der Waals surface area contributed by atoms with E-state index in [1.54, 1.807) is 0 Å². The van der Waals surface area contributed by atoms with E-state index in [0.29, 0.717) is 6.04 Å². The Bertz CT molecular complexity index is 329. The first-order valence-electron chi connectivity index (χ1n) is 6.96. The molecule has 2 rings (SSSR count). The van der Waals surface area contributed by atoms with Gasteiger partial charge in [0.05, 0.1) is 6.04 Å². The Balaban J connectivity index is 2.06. The molecular formula is C14H24N2S. The highest BCUT2D eigenvalue weighted by Crippen LogP contribution is 2.35. The first kappa shape index (κ1) is 13.0. The second-order valence-electron chi connectivity index (χ2n) is 5.16. The maximum Gasteiger partial charge on any atom is 0.110 e. The Morgan fingerprint density at radius 1 is 1.41 bits per heavy atom. The van der Waals surface area contributed by atoms with Gasteiger partial charge in [0.2, 0.25) is 0 Å². The molecule has 1 atom stereocenters. The van der Waals surface area contributed by atoms with Gasteiger partial charge in [-0.05, 0) is 38.6 Å². The van der Waals surface area contributed by atoms with Crippen LogP contribution in [0.3, 0.4) is 0 Å². The summed E-state index contributed by atoms with van der Waals surface area (Å²) in [5.41, 5.74) is 1.17. The molecule has 96 valence electrons. The SMILES string of the molecule is CCCNC(c1nc(C)cs1)C1CCCCC1. The zero-order valence-corrected chi connectivity index (χ0v) is 11.9. The standard InChI is InChI=1S/C14H24N2S/c1-3-9-15-13(12-7-5-4-6-8-12)14-16-11(2)10-17-14/h10,12-13,15H,3-9H2,1-2H3. The lowest BCUT2D eigenvalue weighted by Crippen LogP contribution is -2.30. The van der Waals surface area contributed by atoms with E-state index in [-0.39, 0.29) is 0 Å². The van der Waals surface area contributed by atoms with Crippen LogP contribution >= 0.6 is 11.3 Å². The Labute approximate surface area is 109 Å². The molecule has 1 aliphatic carbocycles. The molecule has 1 unspecified atom stereocenters. The van der Waals surface area contributed by atoms with Crippen LogP contribution in [0.4, 0.5) is 0 Å². The number of nitrogens with zero attached hydrogens (tertiary/aromatic N) is 1. The summed E-state index contributed by atoms with van der Waals surface area (Å²) in [4.78, 5) is 4.70. The topological polar surface area (TPSA) is 24.9 Å². The summed E-state index contributed by atoms with van der Waals surface area (Å²) in [6.45, 7) is 5.44. The Morgan fingerprint density at radius 2 is 2.18 bits per heavy atom. The van der Waals surface area contributed by atoms with Crippen molar-refractivity contribution in [2.24, 2.45) is 5.92 Å². The van der Waals surface area contributed by atoms with Crippen molar-refractivity contribution in [3.05, 3.63) is 16.1 Å². The van der Waals surface area contributed by atoms with Crippen LogP contribution in [0, 0.1) is 12.8 Å². The Kier molecular flexibility index (Phi) is 4.99. The molecule has 1 aromatic heterocycles. The maximum atomic E-state index is 4.70. The van der Waals surface area contributed by atoms with E-state index in [2.05, 4.69) is 24.5 Å². The number of nitrogens with one attached hydrogen (secondary N) is 1. The third-order valence-electron chi connectivity index (χ3n) is 3.64. The molecule has 0 bridgehead atoms. The zero-order chi connectivity index (χ0) is 12.1.